The van der Waals surface area contributed by atoms with Crippen molar-refractivity contribution in [3.05, 3.63) is 0 Å². The van der Waals surface area contributed by atoms with Gasteiger partial charge < -0.3 is 13.6 Å². The predicted octanol–water partition coefficient (Wildman–Crippen LogP) is 6.99. The fraction of sp³-hybridized carbons (Fsp3) is 1.00. The van der Waals surface area contributed by atoms with Crippen molar-refractivity contribution in [2.24, 2.45) is 5.92 Å². The largest absolute Gasteiger partial charge is 0.414 e. The van der Waals surface area contributed by atoms with E-state index in [1.165, 1.54) is 42.7 Å². The Morgan fingerprint density at radius 2 is 1.33 bits per heavy atom. The van der Waals surface area contributed by atoms with E-state index in [2.05, 4.69) is 62.3 Å². The second-order valence-electron chi connectivity index (χ2n) is 8.93. The lowest BCUT2D eigenvalue weighted by atomic mass is 9.91. The molecule has 1 aliphatic heterocycles. The molecule has 0 aromatic carbocycles. The van der Waals surface area contributed by atoms with Crippen LogP contribution >= 0.6 is 0 Å². The standard InChI is InChI=1S/C22H48O3Si2/c1-10-17-20(25-27(14-5,15-6)16-7)19(8)21-22(9,24-21)18-23-26(11-2,12-3)13-4/h19-21H,10-18H2,1-9H3/t19-,20+,21+,22+/m0/s1. The Bertz CT molecular complexity index is 407. The molecule has 0 saturated carbocycles. The van der Waals surface area contributed by atoms with Gasteiger partial charge in [-0.05, 0) is 49.6 Å². The second kappa shape index (κ2) is 10.9. The highest BCUT2D eigenvalue weighted by atomic mass is 28.4. The highest BCUT2D eigenvalue weighted by Gasteiger charge is 2.57. The Morgan fingerprint density at radius 3 is 1.74 bits per heavy atom. The fourth-order valence-corrected chi connectivity index (χ4v) is 10.3. The van der Waals surface area contributed by atoms with E-state index in [1.807, 2.05) is 0 Å². The van der Waals surface area contributed by atoms with E-state index in [0.717, 1.165) is 13.0 Å². The summed E-state index contributed by atoms with van der Waals surface area (Å²) in [5.74, 6) is 0.441. The Hall–Kier alpha value is 0.314. The molecule has 0 N–H and O–H groups in total. The second-order valence-corrected chi connectivity index (χ2v) is 18.4. The van der Waals surface area contributed by atoms with Crippen molar-refractivity contribution >= 4 is 16.6 Å². The van der Waals surface area contributed by atoms with E-state index in [0.29, 0.717) is 12.0 Å². The number of epoxide rings is 1. The van der Waals surface area contributed by atoms with Crippen LogP contribution in [0.2, 0.25) is 36.3 Å². The molecule has 0 radical (unpaired) electrons. The van der Waals surface area contributed by atoms with Crippen LogP contribution in [0.25, 0.3) is 0 Å². The molecule has 1 rings (SSSR count). The zero-order valence-corrected chi connectivity index (χ0v) is 21.8. The van der Waals surface area contributed by atoms with Crippen LogP contribution in [0.1, 0.15) is 75.2 Å². The highest BCUT2D eigenvalue weighted by molar-refractivity contribution is 6.74. The van der Waals surface area contributed by atoms with Crippen molar-refractivity contribution < 1.29 is 13.6 Å². The normalized spacial score (nSPS) is 25.4. The quantitative estimate of drug-likeness (QED) is 0.213. The van der Waals surface area contributed by atoms with E-state index in [1.54, 1.807) is 0 Å². The molecule has 27 heavy (non-hydrogen) atoms. The maximum absolute atomic E-state index is 6.92. The van der Waals surface area contributed by atoms with Crippen LogP contribution < -0.4 is 0 Å². The lowest BCUT2D eigenvalue weighted by Crippen LogP contribution is -2.44. The molecule has 0 aromatic heterocycles. The minimum atomic E-state index is -1.59. The highest BCUT2D eigenvalue weighted by Crippen LogP contribution is 2.45. The van der Waals surface area contributed by atoms with Crippen LogP contribution in [-0.4, -0.2) is 41.1 Å². The fourth-order valence-electron chi connectivity index (χ4n) is 4.62. The number of hydrogen-bond donors (Lipinski definition) is 0. The Labute approximate surface area is 172 Å². The molecule has 1 aliphatic rings. The summed E-state index contributed by atoms with van der Waals surface area (Å²) < 4.78 is 19.8. The lowest BCUT2D eigenvalue weighted by Gasteiger charge is -2.36. The van der Waals surface area contributed by atoms with Crippen LogP contribution in [-0.2, 0) is 13.6 Å². The molecule has 1 fully saturated rings. The average Bonchev–Trinajstić information content (AvgIpc) is 3.38. The van der Waals surface area contributed by atoms with Gasteiger partial charge in [0, 0.05) is 5.92 Å². The first kappa shape index (κ1) is 25.4. The topological polar surface area (TPSA) is 31.0 Å². The molecule has 3 nitrogen and oxygen atoms in total. The summed E-state index contributed by atoms with van der Waals surface area (Å²) >= 11 is 0. The van der Waals surface area contributed by atoms with Gasteiger partial charge in [-0.1, -0.05) is 61.8 Å². The van der Waals surface area contributed by atoms with Crippen LogP contribution in [0.4, 0.5) is 0 Å². The number of rotatable bonds is 15. The third-order valence-electron chi connectivity index (χ3n) is 7.51. The Balaban J connectivity index is 2.77. The molecular weight excluding hydrogens is 368 g/mol. The Kier molecular flexibility index (Phi) is 10.2. The Morgan fingerprint density at radius 1 is 0.852 bits per heavy atom. The van der Waals surface area contributed by atoms with Gasteiger partial charge >= 0.3 is 0 Å². The summed E-state index contributed by atoms with van der Waals surface area (Å²) in [7, 11) is -3.14. The van der Waals surface area contributed by atoms with E-state index >= 15 is 0 Å². The molecule has 1 heterocycles. The maximum atomic E-state index is 6.92. The summed E-state index contributed by atoms with van der Waals surface area (Å²) in [4.78, 5) is 0. The van der Waals surface area contributed by atoms with Crippen molar-refractivity contribution in [2.45, 2.75) is 129 Å². The van der Waals surface area contributed by atoms with Crippen LogP contribution in [0.3, 0.4) is 0 Å². The molecule has 162 valence electrons. The molecule has 0 bridgehead atoms. The lowest BCUT2D eigenvalue weighted by molar-refractivity contribution is 0.102. The van der Waals surface area contributed by atoms with Gasteiger partial charge in [0.05, 0.1) is 18.8 Å². The van der Waals surface area contributed by atoms with Crippen LogP contribution in [0.5, 0.6) is 0 Å². The van der Waals surface area contributed by atoms with E-state index < -0.39 is 16.6 Å². The molecule has 1 saturated heterocycles. The molecule has 0 aromatic rings. The molecule has 4 atom stereocenters. The van der Waals surface area contributed by atoms with Crippen molar-refractivity contribution in [3.8, 4) is 0 Å². The monoisotopic (exact) mass is 416 g/mol. The van der Waals surface area contributed by atoms with Crippen molar-refractivity contribution in [2.75, 3.05) is 6.61 Å². The van der Waals surface area contributed by atoms with E-state index in [-0.39, 0.29) is 11.7 Å². The third-order valence-corrected chi connectivity index (χ3v) is 16.8. The molecule has 0 aliphatic carbocycles. The van der Waals surface area contributed by atoms with Gasteiger partial charge in [0.15, 0.2) is 16.6 Å². The first-order chi connectivity index (χ1) is 12.7. The molecular formula is C22H48O3Si2. The number of ether oxygens (including phenoxy) is 1. The molecule has 5 heteroatoms. The first-order valence-electron chi connectivity index (χ1n) is 11.7. The number of hydrogen-bond acceptors (Lipinski definition) is 3. The summed E-state index contributed by atoms with van der Waals surface area (Å²) in [5, 5.41) is 0. The van der Waals surface area contributed by atoms with Gasteiger partial charge in [-0.3, -0.25) is 0 Å². The molecule has 0 spiro atoms. The van der Waals surface area contributed by atoms with Crippen LogP contribution in [0, 0.1) is 5.92 Å². The minimum Gasteiger partial charge on any atom is -0.414 e. The zero-order valence-electron chi connectivity index (χ0n) is 19.8. The summed E-state index contributed by atoms with van der Waals surface area (Å²) in [6.45, 7) is 21.5. The SMILES string of the molecule is CCC[C@@H](O[Si](CC)(CC)CC)[C@H](C)[C@H]1O[C@]1(C)CO[Si](CC)(CC)CC. The minimum absolute atomic E-state index is 0.110. The van der Waals surface area contributed by atoms with Crippen molar-refractivity contribution in [3.63, 3.8) is 0 Å². The van der Waals surface area contributed by atoms with Crippen LogP contribution in [0.15, 0.2) is 0 Å². The van der Waals surface area contributed by atoms with Crippen molar-refractivity contribution in [1.82, 2.24) is 0 Å². The maximum Gasteiger partial charge on any atom is 0.192 e. The first-order valence-corrected chi connectivity index (χ1v) is 16.8. The predicted molar refractivity (Wildman–Crippen MR) is 123 cm³/mol. The third kappa shape index (κ3) is 6.14. The summed E-state index contributed by atoms with van der Waals surface area (Å²) in [6, 6.07) is 7.27. The van der Waals surface area contributed by atoms with Gasteiger partial charge in [-0.25, -0.2) is 0 Å². The zero-order chi connectivity index (χ0) is 20.7. The van der Waals surface area contributed by atoms with Gasteiger partial charge in [-0.15, -0.1) is 0 Å². The van der Waals surface area contributed by atoms with Gasteiger partial charge in [0.2, 0.25) is 0 Å². The van der Waals surface area contributed by atoms with Gasteiger partial charge in [0.1, 0.15) is 5.60 Å². The summed E-state index contributed by atoms with van der Waals surface area (Å²) in [6.07, 6.45) is 2.93. The molecule has 0 amide bonds. The smallest absolute Gasteiger partial charge is 0.192 e. The van der Waals surface area contributed by atoms with Gasteiger partial charge in [0.25, 0.3) is 0 Å². The van der Waals surface area contributed by atoms with E-state index in [9.17, 15) is 0 Å². The molecule has 0 unspecified atom stereocenters. The average molecular weight is 417 g/mol. The van der Waals surface area contributed by atoms with Gasteiger partial charge in [-0.2, -0.15) is 0 Å². The van der Waals surface area contributed by atoms with Crippen molar-refractivity contribution in [1.29, 1.82) is 0 Å². The van der Waals surface area contributed by atoms with E-state index in [4.69, 9.17) is 13.6 Å². The summed E-state index contributed by atoms with van der Waals surface area (Å²) in [5.41, 5.74) is -0.110.